The van der Waals surface area contributed by atoms with Crippen molar-refractivity contribution < 1.29 is 4.39 Å². The lowest BCUT2D eigenvalue weighted by Gasteiger charge is -2.15. The molecule has 0 radical (unpaired) electrons. The Hall–Kier alpha value is -0.600. The fraction of sp³-hybridized carbons (Fsp3) is 0.455. The Labute approximate surface area is 89.1 Å². The highest BCUT2D eigenvalue weighted by molar-refractivity contribution is 6.31. The van der Waals surface area contributed by atoms with Gasteiger partial charge in [-0.15, -0.1) is 0 Å². The Morgan fingerprint density at radius 1 is 1.43 bits per heavy atom. The first-order chi connectivity index (χ1) is 6.50. The summed E-state index contributed by atoms with van der Waals surface area (Å²) in [4.78, 5) is 0. The van der Waals surface area contributed by atoms with Gasteiger partial charge in [-0.1, -0.05) is 25.4 Å². The van der Waals surface area contributed by atoms with Gasteiger partial charge in [-0.25, -0.2) is 4.39 Å². The van der Waals surface area contributed by atoms with Gasteiger partial charge in [-0.3, -0.25) is 0 Å². The van der Waals surface area contributed by atoms with Gasteiger partial charge >= 0.3 is 0 Å². The van der Waals surface area contributed by atoms with E-state index in [9.17, 15) is 4.39 Å². The molecule has 0 aliphatic carbocycles. The second kappa shape index (κ2) is 4.76. The molecule has 1 nitrogen and oxygen atoms in total. The normalized spacial score (nSPS) is 13.3. The van der Waals surface area contributed by atoms with E-state index in [1.807, 2.05) is 0 Å². The van der Waals surface area contributed by atoms with Crippen molar-refractivity contribution >= 4 is 11.6 Å². The van der Waals surface area contributed by atoms with Gasteiger partial charge in [0.25, 0.3) is 0 Å². The minimum Gasteiger partial charge on any atom is -0.324 e. The standard InChI is InChI=1S/C11H15ClFN/c1-7(2)5-11(14)9-6-8(13)3-4-10(9)12/h3-4,6-7,11H,5,14H2,1-2H3/t11-/m1/s1. The second-order valence-electron chi connectivity index (χ2n) is 3.90. The lowest BCUT2D eigenvalue weighted by atomic mass is 9.98. The summed E-state index contributed by atoms with van der Waals surface area (Å²) in [6.07, 6.45) is 0.809. The SMILES string of the molecule is CC(C)C[C@@H](N)c1cc(F)ccc1Cl. The van der Waals surface area contributed by atoms with Gasteiger partial charge in [0.15, 0.2) is 0 Å². The van der Waals surface area contributed by atoms with Gasteiger partial charge in [0.2, 0.25) is 0 Å². The lowest BCUT2D eigenvalue weighted by Crippen LogP contribution is -2.13. The molecule has 1 atom stereocenters. The highest BCUT2D eigenvalue weighted by Gasteiger charge is 2.12. The van der Waals surface area contributed by atoms with Gasteiger partial charge in [0.1, 0.15) is 5.82 Å². The Morgan fingerprint density at radius 3 is 2.64 bits per heavy atom. The van der Waals surface area contributed by atoms with Crippen LogP contribution in [0.1, 0.15) is 31.9 Å². The van der Waals surface area contributed by atoms with Crippen LogP contribution in [0, 0.1) is 11.7 Å². The molecular weight excluding hydrogens is 201 g/mol. The van der Waals surface area contributed by atoms with Crippen molar-refractivity contribution in [1.29, 1.82) is 0 Å². The van der Waals surface area contributed by atoms with Crippen molar-refractivity contribution in [2.75, 3.05) is 0 Å². The third-order valence-corrected chi connectivity index (χ3v) is 2.43. The average molecular weight is 216 g/mol. The number of hydrogen-bond donors (Lipinski definition) is 1. The predicted octanol–water partition coefficient (Wildman–Crippen LogP) is 3.53. The topological polar surface area (TPSA) is 26.0 Å². The van der Waals surface area contributed by atoms with Crippen LogP contribution >= 0.6 is 11.6 Å². The molecule has 0 fully saturated rings. The van der Waals surface area contributed by atoms with Gasteiger partial charge in [-0.2, -0.15) is 0 Å². The van der Waals surface area contributed by atoms with Crippen LogP contribution in [0.4, 0.5) is 4.39 Å². The number of hydrogen-bond acceptors (Lipinski definition) is 1. The molecule has 0 aromatic heterocycles. The smallest absolute Gasteiger partial charge is 0.123 e. The van der Waals surface area contributed by atoms with E-state index in [0.29, 0.717) is 16.5 Å². The first kappa shape index (κ1) is 11.5. The van der Waals surface area contributed by atoms with E-state index in [1.54, 1.807) is 6.07 Å². The molecule has 0 bridgehead atoms. The minimum atomic E-state index is -0.288. The van der Waals surface area contributed by atoms with Crippen molar-refractivity contribution in [1.82, 2.24) is 0 Å². The van der Waals surface area contributed by atoms with Crippen LogP contribution in [0.5, 0.6) is 0 Å². The number of halogens is 2. The number of rotatable bonds is 3. The Kier molecular flexibility index (Phi) is 3.90. The van der Waals surface area contributed by atoms with E-state index in [2.05, 4.69) is 13.8 Å². The van der Waals surface area contributed by atoms with Crippen molar-refractivity contribution in [3.8, 4) is 0 Å². The third kappa shape index (κ3) is 2.96. The quantitative estimate of drug-likeness (QED) is 0.820. The maximum Gasteiger partial charge on any atom is 0.123 e. The van der Waals surface area contributed by atoms with E-state index < -0.39 is 0 Å². The Balaban J connectivity index is 2.88. The molecule has 0 saturated heterocycles. The maximum atomic E-state index is 12.9. The predicted molar refractivity (Wildman–Crippen MR) is 57.8 cm³/mol. The molecular formula is C11H15ClFN. The molecule has 2 N–H and O–H groups in total. The van der Waals surface area contributed by atoms with Crippen LogP contribution in [-0.4, -0.2) is 0 Å². The molecule has 0 aliphatic heterocycles. The highest BCUT2D eigenvalue weighted by Crippen LogP contribution is 2.26. The first-order valence-electron chi connectivity index (χ1n) is 4.71. The summed E-state index contributed by atoms with van der Waals surface area (Å²) in [5, 5.41) is 0.541. The molecule has 1 rings (SSSR count). The van der Waals surface area contributed by atoms with Crippen LogP contribution in [0.15, 0.2) is 18.2 Å². The van der Waals surface area contributed by atoms with E-state index in [-0.39, 0.29) is 11.9 Å². The summed E-state index contributed by atoms with van der Waals surface area (Å²) < 4.78 is 12.9. The Morgan fingerprint density at radius 2 is 2.07 bits per heavy atom. The summed E-state index contributed by atoms with van der Waals surface area (Å²) in [6, 6.07) is 4.12. The van der Waals surface area contributed by atoms with Crippen molar-refractivity contribution in [3.63, 3.8) is 0 Å². The molecule has 0 spiro atoms. The minimum absolute atomic E-state index is 0.182. The zero-order valence-corrected chi connectivity index (χ0v) is 9.18. The van der Waals surface area contributed by atoms with E-state index in [0.717, 1.165) is 6.42 Å². The van der Waals surface area contributed by atoms with Crippen molar-refractivity contribution in [2.24, 2.45) is 11.7 Å². The molecule has 0 heterocycles. The average Bonchev–Trinajstić information content (AvgIpc) is 2.08. The van der Waals surface area contributed by atoms with E-state index in [1.165, 1.54) is 12.1 Å². The molecule has 1 aromatic rings. The van der Waals surface area contributed by atoms with Crippen LogP contribution in [0.2, 0.25) is 5.02 Å². The first-order valence-corrected chi connectivity index (χ1v) is 5.09. The fourth-order valence-electron chi connectivity index (χ4n) is 1.43. The summed E-state index contributed by atoms with van der Waals surface area (Å²) in [6.45, 7) is 4.15. The van der Waals surface area contributed by atoms with Gasteiger partial charge < -0.3 is 5.73 Å². The summed E-state index contributed by atoms with van der Waals surface area (Å²) in [7, 11) is 0. The molecule has 14 heavy (non-hydrogen) atoms. The highest BCUT2D eigenvalue weighted by atomic mass is 35.5. The summed E-state index contributed by atoms with van der Waals surface area (Å²) in [5.41, 5.74) is 6.61. The molecule has 0 aliphatic rings. The number of benzene rings is 1. The fourth-order valence-corrected chi connectivity index (χ4v) is 1.69. The zero-order valence-electron chi connectivity index (χ0n) is 8.43. The van der Waals surface area contributed by atoms with Crippen molar-refractivity contribution in [2.45, 2.75) is 26.3 Å². The molecule has 0 amide bonds. The van der Waals surface area contributed by atoms with E-state index in [4.69, 9.17) is 17.3 Å². The van der Waals surface area contributed by atoms with Crippen LogP contribution in [0.25, 0.3) is 0 Å². The summed E-state index contributed by atoms with van der Waals surface area (Å²) in [5.74, 6) is 0.188. The van der Waals surface area contributed by atoms with Crippen molar-refractivity contribution in [3.05, 3.63) is 34.6 Å². The van der Waals surface area contributed by atoms with Gasteiger partial charge in [0, 0.05) is 11.1 Å². The lowest BCUT2D eigenvalue weighted by molar-refractivity contribution is 0.507. The van der Waals surface area contributed by atoms with Gasteiger partial charge in [-0.05, 0) is 36.1 Å². The molecule has 1 aromatic carbocycles. The van der Waals surface area contributed by atoms with Gasteiger partial charge in [0.05, 0.1) is 0 Å². The number of nitrogens with two attached hydrogens (primary N) is 1. The molecule has 3 heteroatoms. The third-order valence-electron chi connectivity index (χ3n) is 2.08. The molecule has 78 valence electrons. The monoisotopic (exact) mass is 215 g/mol. The van der Waals surface area contributed by atoms with Crippen LogP contribution in [0.3, 0.4) is 0 Å². The molecule has 0 saturated carbocycles. The Bertz CT molecular complexity index is 312. The van der Waals surface area contributed by atoms with E-state index >= 15 is 0 Å². The maximum absolute atomic E-state index is 12.9. The second-order valence-corrected chi connectivity index (χ2v) is 4.31. The van der Waals surface area contributed by atoms with Crippen LogP contribution in [-0.2, 0) is 0 Å². The molecule has 0 unspecified atom stereocenters. The summed E-state index contributed by atoms with van der Waals surface area (Å²) >= 11 is 5.93. The largest absolute Gasteiger partial charge is 0.324 e. The zero-order chi connectivity index (χ0) is 10.7. The van der Waals surface area contributed by atoms with Crippen LogP contribution < -0.4 is 5.73 Å².